The van der Waals surface area contributed by atoms with E-state index in [-0.39, 0.29) is 12.3 Å². The second-order valence-electron chi connectivity index (χ2n) is 5.06. The number of hydrogen-bond donors (Lipinski definition) is 0. The van der Waals surface area contributed by atoms with Crippen LogP contribution in [0.15, 0.2) is 42.7 Å². The van der Waals surface area contributed by atoms with Crippen molar-refractivity contribution in [3.05, 3.63) is 53.9 Å². The van der Waals surface area contributed by atoms with Gasteiger partial charge in [-0.3, -0.25) is 9.78 Å². The molecule has 124 valence electrons. The van der Waals surface area contributed by atoms with E-state index in [0.29, 0.717) is 30.2 Å². The number of benzene rings is 1. The molecule has 0 aliphatic rings. The largest absolute Gasteiger partial charge is 0.497 e. The van der Waals surface area contributed by atoms with Gasteiger partial charge in [0.05, 0.1) is 32.3 Å². The van der Waals surface area contributed by atoms with E-state index in [1.165, 1.54) is 7.11 Å². The molecule has 1 aromatic carbocycles. The Hall–Kier alpha value is -3.07. The lowest BCUT2D eigenvalue weighted by molar-refractivity contribution is 0.0743. The van der Waals surface area contributed by atoms with Crippen LogP contribution in [0.5, 0.6) is 11.5 Å². The molecule has 2 aromatic rings. The Bertz CT molecular complexity index is 726. The van der Waals surface area contributed by atoms with Gasteiger partial charge in [0.25, 0.3) is 5.91 Å². The molecule has 1 aromatic heterocycles. The maximum atomic E-state index is 12.9. The minimum absolute atomic E-state index is 0.200. The van der Waals surface area contributed by atoms with Crippen LogP contribution < -0.4 is 9.47 Å². The van der Waals surface area contributed by atoms with Crippen LogP contribution in [-0.4, -0.2) is 36.6 Å². The first-order valence-electron chi connectivity index (χ1n) is 7.46. The summed E-state index contributed by atoms with van der Waals surface area (Å²) in [7, 11) is 3.06. The van der Waals surface area contributed by atoms with E-state index in [2.05, 4.69) is 11.1 Å². The Balaban J connectivity index is 2.28. The van der Waals surface area contributed by atoms with E-state index < -0.39 is 0 Å². The molecule has 0 spiro atoms. The van der Waals surface area contributed by atoms with Gasteiger partial charge in [0.15, 0.2) is 0 Å². The predicted molar refractivity (Wildman–Crippen MR) is 88.8 cm³/mol. The molecule has 0 unspecified atom stereocenters. The fraction of sp³-hybridized carbons (Fsp3) is 0.278. The maximum Gasteiger partial charge on any atom is 0.257 e. The predicted octanol–water partition coefficient (Wildman–Crippen LogP) is 2.65. The van der Waals surface area contributed by atoms with Gasteiger partial charge < -0.3 is 14.4 Å². The van der Waals surface area contributed by atoms with Crippen molar-refractivity contribution in [1.29, 1.82) is 5.26 Å². The summed E-state index contributed by atoms with van der Waals surface area (Å²) < 4.78 is 10.5. The van der Waals surface area contributed by atoms with Gasteiger partial charge in [0.1, 0.15) is 11.5 Å². The second-order valence-corrected chi connectivity index (χ2v) is 5.06. The van der Waals surface area contributed by atoms with Crippen LogP contribution in [-0.2, 0) is 6.54 Å². The van der Waals surface area contributed by atoms with Crippen LogP contribution >= 0.6 is 0 Å². The summed E-state index contributed by atoms with van der Waals surface area (Å²) in [5.74, 6) is 0.848. The number of methoxy groups -OCH3 is 2. The highest BCUT2D eigenvalue weighted by atomic mass is 16.5. The quantitative estimate of drug-likeness (QED) is 0.782. The Labute approximate surface area is 141 Å². The van der Waals surface area contributed by atoms with Gasteiger partial charge in [0.2, 0.25) is 0 Å². The molecule has 0 N–H and O–H groups in total. The van der Waals surface area contributed by atoms with E-state index in [1.807, 2.05) is 12.1 Å². The first-order chi connectivity index (χ1) is 11.7. The SMILES string of the molecule is COc1ccc(C(=O)N(CCC#N)Cc2cccnc2)c(OC)c1. The first-order valence-corrected chi connectivity index (χ1v) is 7.46. The number of carbonyl (C=O) groups is 1. The van der Waals surface area contributed by atoms with E-state index in [0.717, 1.165) is 5.56 Å². The van der Waals surface area contributed by atoms with Crippen molar-refractivity contribution in [1.82, 2.24) is 9.88 Å². The molecule has 6 heteroatoms. The Kier molecular flexibility index (Phi) is 6.15. The lowest BCUT2D eigenvalue weighted by atomic mass is 10.1. The summed E-state index contributed by atoms with van der Waals surface area (Å²) in [6.45, 7) is 0.711. The van der Waals surface area contributed by atoms with Crippen molar-refractivity contribution in [3.63, 3.8) is 0 Å². The topological polar surface area (TPSA) is 75.5 Å². The molecule has 24 heavy (non-hydrogen) atoms. The summed E-state index contributed by atoms with van der Waals surface area (Å²) in [5, 5.41) is 8.86. The average molecular weight is 325 g/mol. The van der Waals surface area contributed by atoms with Gasteiger partial charge in [0, 0.05) is 31.5 Å². The van der Waals surface area contributed by atoms with Crippen molar-refractivity contribution < 1.29 is 14.3 Å². The van der Waals surface area contributed by atoms with Gasteiger partial charge in [-0.15, -0.1) is 0 Å². The number of carbonyl (C=O) groups excluding carboxylic acids is 1. The van der Waals surface area contributed by atoms with E-state index in [9.17, 15) is 4.79 Å². The third-order valence-corrected chi connectivity index (χ3v) is 3.52. The zero-order chi connectivity index (χ0) is 17.4. The van der Waals surface area contributed by atoms with Crippen LogP contribution in [0.1, 0.15) is 22.3 Å². The van der Waals surface area contributed by atoms with Crippen LogP contribution in [0.25, 0.3) is 0 Å². The maximum absolute atomic E-state index is 12.9. The average Bonchev–Trinajstić information content (AvgIpc) is 2.64. The summed E-state index contributed by atoms with van der Waals surface area (Å²) in [4.78, 5) is 18.6. The lowest BCUT2D eigenvalue weighted by Gasteiger charge is -2.23. The van der Waals surface area contributed by atoms with Crippen molar-refractivity contribution in [3.8, 4) is 17.6 Å². The summed E-state index contributed by atoms with van der Waals surface area (Å²) >= 11 is 0. The van der Waals surface area contributed by atoms with Gasteiger partial charge in [-0.25, -0.2) is 0 Å². The Morgan fingerprint density at radius 3 is 2.75 bits per heavy atom. The van der Waals surface area contributed by atoms with Crippen LogP contribution in [0, 0.1) is 11.3 Å². The van der Waals surface area contributed by atoms with Gasteiger partial charge >= 0.3 is 0 Å². The summed E-state index contributed by atoms with van der Waals surface area (Å²) in [6.07, 6.45) is 3.64. The normalized spacial score (nSPS) is 9.88. The second kappa shape index (κ2) is 8.53. The number of hydrogen-bond acceptors (Lipinski definition) is 5. The van der Waals surface area contributed by atoms with Crippen molar-refractivity contribution in [2.45, 2.75) is 13.0 Å². The number of pyridine rings is 1. The van der Waals surface area contributed by atoms with Gasteiger partial charge in [-0.05, 0) is 23.8 Å². The molecule has 2 rings (SSSR count). The number of nitrogens with zero attached hydrogens (tertiary/aromatic N) is 3. The number of rotatable bonds is 7. The third kappa shape index (κ3) is 4.23. The van der Waals surface area contributed by atoms with Gasteiger partial charge in [-0.1, -0.05) is 6.07 Å². The zero-order valence-electron chi connectivity index (χ0n) is 13.7. The smallest absolute Gasteiger partial charge is 0.257 e. The van der Waals surface area contributed by atoms with E-state index in [1.54, 1.807) is 42.6 Å². The van der Waals surface area contributed by atoms with E-state index in [4.69, 9.17) is 14.7 Å². The van der Waals surface area contributed by atoms with Crippen molar-refractivity contribution in [2.75, 3.05) is 20.8 Å². The molecule has 0 bridgehead atoms. The van der Waals surface area contributed by atoms with Crippen LogP contribution in [0.2, 0.25) is 0 Å². The highest BCUT2D eigenvalue weighted by Crippen LogP contribution is 2.26. The first kappa shape index (κ1) is 17.3. The number of ether oxygens (including phenoxy) is 2. The highest BCUT2D eigenvalue weighted by molar-refractivity contribution is 5.97. The molecule has 1 heterocycles. The fourth-order valence-electron chi connectivity index (χ4n) is 2.29. The molecule has 1 amide bonds. The standard InChI is InChI=1S/C18H19N3O3/c1-23-15-6-7-16(17(11-15)24-2)18(22)21(10-4-8-19)13-14-5-3-9-20-12-14/h3,5-7,9,11-12H,4,10,13H2,1-2H3. The Morgan fingerprint density at radius 1 is 1.29 bits per heavy atom. The Morgan fingerprint density at radius 2 is 2.12 bits per heavy atom. The van der Waals surface area contributed by atoms with Crippen molar-refractivity contribution >= 4 is 5.91 Å². The molecule has 0 aliphatic heterocycles. The summed E-state index contributed by atoms with van der Waals surface area (Å²) in [6, 6.07) is 10.8. The number of amides is 1. The molecule has 0 saturated carbocycles. The molecule has 0 saturated heterocycles. The molecule has 0 aliphatic carbocycles. The molecular weight excluding hydrogens is 306 g/mol. The van der Waals surface area contributed by atoms with Crippen LogP contribution in [0.4, 0.5) is 0 Å². The lowest BCUT2D eigenvalue weighted by Crippen LogP contribution is -2.31. The monoisotopic (exact) mass is 325 g/mol. The molecule has 6 nitrogen and oxygen atoms in total. The molecule has 0 fully saturated rings. The van der Waals surface area contributed by atoms with Crippen LogP contribution in [0.3, 0.4) is 0 Å². The zero-order valence-corrected chi connectivity index (χ0v) is 13.7. The number of aromatic nitrogens is 1. The molecule has 0 atom stereocenters. The third-order valence-electron chi connectivity index (χ3n) is 3.52. The van der Waals surface area contributed by atoms with Gasteiger partial charge in [-0.2, -0.15) is 5.26 Å². The van der Waals surface area contributed by atoms with E-state index >= 15 is 0 Å². The summed E-state index contributed by atoms with van der Waals surface area (Å²) in [5.41, 5.74) is 1.33. The highest BCUT2D eigenvalue weighted by Gasteiger charge is 2.20. The molecular formula is C18H19N3O3. The minimum Gasteiger partial charge on any atom is -0.497 e. The minimum atomic E-state index is -0.200. The fourth-order valence-corrected chi connectivity index (χ4v) is 2.29. The number of nitriles is 1. The van der Waals surface area contributed by atoms with Crippen molar-refractivity contribution in [2.24, 2.45) is 0 Å². The molecule has 0 radical (unpaired) electrons.